The van der Waals surface area contributed by atoms with Crippen molar-refractivity contribution in [3.63, 3.8) is 0 Å². The maximum absolute atomic E-state index is 13.0. The number of aromatic nitrogens is 3. The summed E-state index contributed by atoms with van der Waals surface area (Å²) in [6.45, 7) is 0.912. The second kappa shape index (κ2) is 10.2. The third-order valence-corrected chi connectivity index (χ3v) is 5.46. The lowest BCUT2D eigenvalue weighted by molar-refractivity contribution is -0.159. The number of nitrogens with zero attached hydrogens (tertiary/aromatic N) is 4. The number of hydrogen-bond acceptors (Lipinski definition) is 7. The van der Waals surface area contributed by atoms with Gasteiger partial charge in [0, 0.05) is 40.5 Å². The molecule has 184 valence electrons. The van der Waals surface area contributed by atoms with Crippen LogP contribution in [0.15, 0.2) is 41.1 Å². The molecule has 9 nitrogen and oxygen atoms in total. The Hall–Kier alpha value is -3.22. The number of alkyl halides is 3. The van der Waals surface area contributed by atoms with Gasteiger partial charge in [-0.05, 0) is 30.3 Å². The molecular weight excluding hydrogens is 514 g/mol. The standard InChI is InChI=1S/C21H16Cl2F3N5O4/c22-13-5-12(6-14(23)7-13)19(33)31-3-4-34-10-15(31)9-28-18(32)16-2-1-11(8-27-16)17-29-20(35-30-17)21(24,25)26/h1-2,5-8,15H,3-4,9-10H2,(H,28,32)/t15-/m0/s1. The van der Waals surface area contributed by atoms with E-state index in [0.717, 1.165) is 6.20 Å². The Balaban J connectivity index is 1.40. The van der Waals surface area contributed by atoms with Gasteiger partial charge in [-0.15, -0.1) is 0 Å². The minimum Gasteiger partial charge on any atom is -0.377 e. The molecule has 1 aliphatic rings. The molecule has 1 atom stereocenters. The van der Waals surface area contributed by atoms with Gasteiger partial charge < -0.3 is 19.5 Å². The van der Waals surface area contributed by atoms with Crippen molar-refractivity contribution in [2.75, 3.05) is 26.3 Å². The zero-order valence-electron chi connectivity index (χ0n) is 17.7. The van der Waals surface area contributed by atoms with E-state index in [1.807, 2.05) is 0 Å². The topological polar surface area (TPSA) is 110 Å². The molecule has 0 unspecified atom stereocenters. The Bertz CT molecular complexity index is 1220. The van der Waals surface area contributed by atoms with Crippen molar-refractivity contribution in [1.29, 1.82) is 0 Å². The zero-order chi connectivity index (χ0) is 25.2. The summed E-state index contributed by atoms with van der Waals surface area (Å²) in [5, 5.41) is 6.60. The summed E-state index contributed by atoms with van der Waals surface area (Å²) >= 11 is 12.0. The van der Waals surface area contributed by atoms with Crippen LogP contribution >= 0.6 is 23.2 Å². The Morgan fingerprint density at radius 2 is 1.91 bits per heavy atom. The fourth-order valence-electron chi connectivity index (χ4n) is 3.35. The van der Waals surface area contributed by atoms with E-state index in [1.165, 1.54) is 30.3 Å². The lowest BCUT2D eigenvalue weighted by Gasteiger charge is -2.35. The second-order valence-electron chi connectivity index (χ2n) is 7.45. The van der Waals surface area contributed by atoms with Gasteiger partial charge in [0.15, 0.2) is 0 Å². The Morgan fingerprint density at radius 1 is 1.17 bits per heavy atom. The average molecular weight is 530 g/mol. The van der Waals surface area contributed by atoms with Gasteiger partial charge in [0.25, 0.3) is 11.8 Å². The number of hydrogen-bond donors (Lipinski definition) is 1. The van der Waals surface area contributed by atoms with Crippen LogP contribution in [0.1, 0.15) is 26.7 Å². The highest BCUT2D eigenvalue weighted by molar-refractivity contribution is 6.35. The van der Waals surface area contributed by atoms with Crippen LogP contribution in [0.25, 0.3) is 11.4 Å². The Labute approximate surface area is 206 Å². The van der Waals surface area contributed by atoms with Crippen molar-refractivity contribution in [3.8, 4) is 11.4 Å². The van der Waals surface area contributed by atoms with Gasteiger partial charge in [0.05, 0.1) is 19.3 Å². The fraction of sp³-hybridized carbons (Fsp3) is 0.286. The molecule has 4 rings (SSSR count). The van der Waals surface area contributed by atoms with E-state index in [9.17, 15) is 22.8 Å². The number of carbonyl (C=O) groups excluding carboxylic acids is 2. The van der Waals surface area contributed by atoms with Crippen molar-refractivity contribution in [2.45, 2.75) is 12.2 Å². The van der Waals surface area contributed by atoms with Crippen LogP contribution in [0.3, 0.4) is 0 Å². The van der Waals surface area contributed by atoms with E-state index in [1.54, 1.807) is 4.90 Å². The molecule has 1 N–H and O–H groups in total. The third kappa shape index (κ3) is 5.89. The molecule has 0 aliphatic carbocycles. The molecule has 2 aromatic heterocycles. The number of amides is 2. The molecule has 1 fully saturated rings. The first-order valence-corrected chi connectivity index (χ1v) is 10.9. The average Bonchev–Trinajstić information content (AvgIpc) is 3.33. The van der Waals surface area contributed by atoms with E-state index in [0.29, 0.717) is 28.8 Å². The first kappa shape index (κ1) is 24.9. The van der Waals surface area contributed by atoms with Gasteiger partial charge in [-0.1, -0.05) is 28.4 Å². The van der Waals surface area contributed by atoms with E-state index in [-0.39, 0.29) is 36.1 Å². The number of pyridine rings is 1. The molecule has 1 aliphatic heterocycles. The first-order valence-electron chi connectivity index (χ1n) is 10.1. The summed E-state index contributed by atoms with van der Waals surface area (Å²) in [5.74, 6) is -2.66. The minimum absolute atomic E-state index is 0.00418. The molecular formula is C21H16Cl2F3N5O4. The summed E-state index contributed by atoms with van der Waals surface area (Å²) in [7, 11) is 0. The number of carbonyl (C=O) groups is 2. The Morgan fingerprint density at radius 3 is 2.54 bits per heavy atom. The lowest BCUT2D eigenvalue weighted by atomic mass is 10.1. The predicted octanol–water partition coefficient (Wildman–Crippen LogP) is 3.73. The van der Waals surface area contributed by atoms with Gasteiger partial charge in [-0.2, -0.15) is 18.2 Å². The molecule has 2 amide bonds. The highest BCUT2D eigenvalue weighted by atomic mass is 35.5. The van der Waals surface area contributed by atoms with Gasteiger partial charge in [0.2, 0.25) is 5.82 Å². The van der Waals surface area contributed by atoms with Crippen molar-refractivity contribution < 1.29 is 32.0 Å². The van der Waals surface area contributed by atoms with E-state index in [4.69, 9.17) is 27.9 Å². The van der Waals surface area contributed by atoms with E-state index in [2.05, 4.69) is 25.0 Å². The molecule has 0 radical (unpaired) electrons. The molecule has 0 spiro atoms. The summed E-state index contributed by atoms with van der Waals surface area (Å²) in [6.07, 6.45) is -3.61. The lowest BCUT2D eigenvalue weighted by Crippen LogP contribution is -2.53. The van der Waals surface area contributed by atoms with Crippen LogP contribution in [-0.2, 0) is 10.9 Å². The number of halogens is 5. The smallest absolute Gasteiger partial charge is 0.377 e. The van der Waals surface area contributed by atoms with Gasteiger partial charge in [-0.3, -0.25) is 14.6 Å². The van der Waals surface area contributed by atoms with Crippen LogP contribution in [0.2, 0.25) is 10.0 Å². The molecule has 14 heteroatoms. The van der Waals surface area contributed by atoms with Crippen molar-refractivity contribution in [1.82, 2.24) is 25.3 Å². The molecule has 35 heavy (non-hydrogen) atoms. The van der Waals surface area contributed by atoms with Crippen molar-refractivity contribution in [3.05, 3.63) is 63.7 Å². The monoisotopic (exact) mass is 529 g/mol. The summed E-state index contributed by atoms with van der Waals surface area (Å²) in [6, 6.07) is 6.72. The molecule has 0 bridgehead atoms. The van der Waals surface area contributed by atoms with Crippen LogP contribution in [0.4, 0.5) is 13.2 Å². The molecule has 1 saturated heterocycles. The van der Waals surface area contributed by atoms with Crippen molar-refractivity contribution >= 4 is 35.0 Å². The SMILES string of the molecule is O=C(NC[C@H]1COCCN1C(=O)c1cc(Cl)cc(Cl)c1)c1ccc(-c2noc(C(F)(F)F)n2)cn1. The Kier molecular flexibility index (Phi) is 7.24. The molecule has 3 heterocycles. The molecule has 1 aromatic carbocycles. The highest BCUT2D eigenvalue weighted by Crippen LogP contribution is 2.29. The highest BCUT2D eigenvalue weighted by Gasteiger charge is 2.38. The maximum atomic E-state index is 13.0. The van der Waals surface area contributed by atoms with Crippen LogP contribution in [0, 0.1) is 0 Å². The second-order valence-corrected chi connectivity index (χ2v) is 8.32. The van der Waals surface area contributed by atoms with Gasteiger partial charge in [0.1, 0.15) is 5.69 Å². The normalized spacial score (nSPS) is 16.3. The number of ether oxygens (including phenoxy) is 1. The fourth-order valence-corrected chi connectivity index (χ4v) is 3.88. The largest absolute Gasteiger partial charge is 0.471 e. The summed E-state index contributed by atoms with van der Waals surface area (Å²) in [5.41, 5.74) is 0.455. The minimum atomic E-state index is -4.77. The van der Waals surface area contributed by atoms with Gasteiger partial charge >= 0.3 is 12.1 Å². The number of nitrogens with one attached hydrogen (secondary N) is 1. The van der Waals surface area contributed by atoms with E-state index >= 15 is 0 Å². The van der Waals surface area contributed by atoms with Crippen LogP contribution in [-0.4, -0.2) is 64.2 Å². The van der Waals surface area contributed by atoms with Gasteiger partial charge in [-0.25, -0.2) is 0 Å². The molecule has 3 aromatic rings. The maximum Gasteiger partial charge on any atom is 0.471 e. The number of rotatable bonds is 5. The molecule has 0 saturated carbocycles. The van der Waals surface area contributed by atoms with Crippen molar-refractivity contribution in [2.24, 2.45) is 0 Å². The predicted molar refractivity (Wildman–Crippen MR) is 117 cm³/mol. The zero-order valence-corrected chi connectivity index (χ0v) is 19.2. The van der Waals surface area contributed by atoms with Crippen LogP contribution in [0.5, 0.6) is 0 Å². The number of morpholine rings is 1. The first-order chi connectivity index (χ1) is 16.6. The summed E-state index contributed by atoms with van der Waals surface area (Å²) in [4.78, 5) is 34.4. The quantitative estimate of drug-likeness (QED) is 0.536. The number of benzene rings is 1. The summed E-state index contributed by atoms with van der Waals surface area (Å²) < 4.78 is 47.5. The van der Waals surface area contributed by atoms with Crippen LogP contribution < -0.4 is 5.32 Å². The third-order valence-electron chi connectivity index (χ3n) is 5.02. The van der Waals surface area contributed by atoms with E-state index < -0.39 is 24.0 Å².